The molecular formula is C14H11ClN4O2S. The summed E-state index contributed by atoms with van der Waals surface area (Å²) in [5, 5.41) is 11.1. The molecule has 0 aliphatic heterocycles. The average molecular weight is 335 g/mol. The lowest BCUT2D eigenvalue weighted by Gasteiger charge is -2.05. The summed E-state index contributed by atoms with van der Waals surface area (Å²) < 4.78 is 13.0. The standard InChI is InChI=1S/C14H11ClN4O2S/c15-12-3-1-2-4-13(12)20-8-11-6-5-10(21-11)7-17-19-9-16-18-14(19)22/h1-7,9H,8H2,(H,18,22). The van der Waals surface area contributed by atoms with E-state index in [1.807, 2.05) is 18.2 Å². The first-order valence-corrected chi connectivity index (χ1v) is 7.13. The number of ether oxygens (including phenoxy) is 1. The molecule has 0 amide bonds. The Balaban J connectivity index is 1.64. The fourth-order valence-corrected chi connectivity index (χ4v) is 2.03. The maximum absolute atomic E-state index is 6.02. The van der Waals surface area contributed by atoms with Crippen LogP contribution in [-0.2, 0) is 6.61 Å². The molecule has 6 nitrogen and oxygen atoms in total. The van der Waals surface area contributed by atoms with Gasteiger partial charge in [0.15, 0.2) is 0 Å². The molecule has 22 heavy (non-hydrogen) atoms. The highest BCUT2D eigenvalue weighted by molar-refractivity contribution is 7.71. The number of hydrogen-bond acceptors (Lipinski definition) is 5. The van der Waals surface area contributed by atoms with Crippen molar-refractivity contribution in [3.05, 3.63) is 64.0 Å². The van der Waals surface area contributed by atoms with Crippen LogP contribution in [0.1, 0.15) is 11.5 Å². The van der Waals surface area contributed by atoms with E-state index in [0.29, 0.717) is 27.1 Å². The number of aromatic amines is 1. The summed E-state index contributed by atoms with van der Waals surface area (Å²) in [6, 6.07) is 10.9. The van der Waals surface area contributed by atoms with Crippen LogP contribution in [0.2, 0.25) is 5.02 Å². The van der Waals surface area contributed by atoms with Crippen molar-refractivity contribution in [2.45, 2.75) is 6.61 Å². The van der Waals surface area contributed by atoms with Crippen molar-refractivity contribution >= 4 is 30.0 Å². The predicted molar refractivity (Wildman–Crippen MR) is 84.9 cm³/mol. The van der Waals surface area contributed by atoms with Gasteiger partial charge in [0.1, 0.15) is 30.2 Å². The molecule has 3 rings (SSSR count). The van der Waals surface area contributed by atoms with E-state index in [1.54, 1.807) is 24.4 Å². The van der Waals surface area contributed by atoms with Gasteiger partial charge in [-0.05, 0) is 36.5 Å². The highest BCUT2D eigenvalue weighted by atomic mass is 35.5. The second-order valence-electron chi connectivity index (χ2n) is 4.27. The van der Waals surface area contributed by atoms with Crippen molar-refractivity contribution in [1.82, 2.24) is 14.9 Å². The van der Waals surface area contributed by atoms with Crippen molar-refractivity contribution in [1.29, 1.82) is 0 Å². The van der Waals surface area contributed by atoms with E-state index < -0.39 is 0 Å². The van der Waals surface area contributed by atoms with Crippen LogP contribution < -0.4 is 4.74 Å². The van der Waals surface area contributed by atoms with E-state index in [1.165, 1.54) is 11.0 Å². The van der Waals surface area contributed by atoms with Gasteiger partial charge >= 0.3 is 0 Å². The summed E-state index contributed by atoms with van der Waals surface area (Å²) in [5.74, 6) is 1.86. The molecule has 0 saturated heterocycles. The summed E-state index contributed by atoms with van der Waals surface area (Å²) >= 11 is 11.0. The first kappa shape index (κ1) is 14.6. The van der Waals surface area contributed by atoms with E-state index >= 15 is 0 Å². The van der Waals surface area contributed by atoms with Gasteiger partial charge in [0.25, 0.3) is 0 Å². The third-order valence-corrected chi connectivity index (χ3v) is 3.32. The third kappa shape index (κ3) is 3.44. The van der Waals surface area contributed by atoms with Gasteiger partial charge in [-0.2, -0.15) is 14.9 Å². The molecule has 1 N–H and O–H groups in total. The van der Waals surface area contributed by atoms with Crippen LogP contribution >= 0.6 is 23.8 Å². The smallest absolute Gasteiger partial charge is 0.216 e. The van der Waals surface area contributed by atoms with Crippen LogP contribution in [0.4, 0.5) is 0 Å². The highest BCUT2D eigenvalue weighted by Crippen LogP contribution is 2.24. The topological polar surface area (TPSA) is 68.3 Å². The zero-order valence-corrected chi connectivity index (χ0v) is 12.8. The number of nitrogens with one attached hydrogen (secondary N) is 1. The summed E-state index contributed by atoms with van der Waals surface area (Å²) in [6.07, 6.45) is 3.02. The normalized spacial score (nSPS) is 11.1. The summed E-state index contributed by atoms with van der Waals surface area (Å²) in [4.78, 5) is 0. The van der Waals surface area contributed by atoms with Crippen LogP contribution in [0.5, 0.6) is 5.75 Å². The minimum Gasteiger partial charge on any atom is -0.484 e. The second kappa shape index (κ2) is 6.59. The van der Waals surface area contributed by atoms with Gasteiger partial charge in [-0.15, -0.1) is 0 Å². The number of halogens is 1. The summed E-state index contributed by atoms with van der Waals surface area (Å²) in [6.45, 7) is 0.280. The number of rotatable bonds is 5. The van der Waals surface area contributed by atoms with E-state index in [0.717, 1.165) is 0 Å². The van der Waals surface area contributed by atoms with Crippen LogP contribution in [0.3, 0.4) is 0 Å². The Hall–Kier alpha value is -2.38. The van der Waals surface area contributed by atoms with Crippen molar-refractivity contribution in [2.24, 2.45) is 5.10 Å². The van der Waals surface area contributed by atoms with Gasteiger partial charge in [-0.25, -0.2) is 0 Å². The third-order valence-electron chi connectivity index (χ3n) is 2.73. The lowest BCUT2D eigenvalue weighted by atomic mass is 10.3. The Morgan fingerprint density at radius 2 is 2.23 bits per heavy atom. The van der Waals surface area contributed by atoms with Crippen LogP contribution in [0.15, 0.2) is 52.2 Å². The molecule has 2 heterocycles. The Morgan fingerprint density at radius 3 is 3.00 bits per heavy atom. The molecule has 0 aliphatic rings. The first-order chi connectivity index (χ1) is 10.7. The van der Waals surface area contributed by atoms with Crippen LogP contribution in [-0.4, -0.2) is 21.1 Å². The largest absolute Gasteiger partial charge is 0.484 e. The van der Waals surface area contributed by atoms with E-state index in [9.17, 15) is 0 Å². The van der Waals surface area contributed by atoms with Crippen LogP contribution in [0.25, 0.3) is 0 Å². The summed E-state index contributed by atoms with van der Waals surface area (Å²) in [5.41, 5.74) is 0. The number of benzene rings is 1. The van der Waals surface area contributed by atoms with Crippen molar-refractivity contribution < 1.29 is 9.15 Å². The lowest BCUT2D eigenvalue weighted by Crippen LogP contribution is -1.94. The molecule has 3 aromatic rings. The molecule has 0 unspecified atom stereocenters. The number of nitrogens with zero attached hydrogens (tertiary/aromatic N) is 3. The van der Waals surface area contributed by atoms with Gasteiger partial charge in [-0.1, -0.05) is 23.7 Å². The molecule has 0 bridgehead atoms. The maximum atomic E-state index is 6.02. The Morgan fingerprint density at radius 1 is 1.36 bits per heavy atom. The minimum atomic E-state index is 0.280. The monoisotopic (exact) mass is 334 g/mol. The number of aromatic nitrogens is 3. The Bertz CT molecular complexity index is 852. The number of hydrogen-bond donors (Lipinski definition) is 1. The van der Waals surface area contributed by atoms with Gasteiger partial charge in [0.2, 0.25) is 4.77 Å². The molecule has 2 aromatic heterocycles. The number of para-hydroxylation sites is 1. The summed E-state index contributed by atoms with van der Waals surface area (Å²) in [7, 11) is 0. The predicted octanol–water partition coefficient (Wildman–Crippen LogP) is 3.65. The SMILES string of the molecule is S=c1[nH]ncn1N=Cc1ccc(COc2ccccc2Cl)o1. The molecule has 0 saturated carbocycles. The number of H-pyrrole nitrogens is 1. The van der Waals surface area contributed by atoms with Gasteiger partial charge in [0.05, 0.1) is 11.2 Å². The molecule has 0 spiro atoms. The molecule has 0 aliphatic carbocycles. The van der Waals surface area contributed by atoms with Gasteiger partial charge in [0, 0.05) is 0 Å². The van der Waals surface area contributed by atoms with Crippen molar-refractivity contribution in [2.75, 3.05) is 0 Å². The lowest BCUT2D eigenvalue weighted by molar-refractivity contribution is 0.270. The Labute approximate surface area is 136 Å². The van der Waals surface area contributed by atoms with Crippen molar-refractivity contribution in [3.8, 4) is 5.75 Å². The molecular weight excluding hydrogens is 324 g/mol. The van der Waals surface area contributed by atoms with Gasteiger partial charge in [-0.3, -0.25) is 5.10 Å². The molecule has 0 atom stereocenters. The average Bonchev–Trinajstić information content (AvgIpc) is 3.13. The van der Waals surface area contributed by atoms with Gasteiger partial charge < -0.3 is 9.15 Å². The molecule has 1 aromatic carbocycles. The zero-order chi connectivity index (χ0) is 15.4. The Kier molecular flexibility index (Phi) is 4.36. The molecule has 8 heteroatoms. The second-order valence-corrected chi connectivity index (χ2v) is 5.07. The highest BCUT2D eigenvalue weighted by Gasteiger charge is 2.04. The first-order valence-electron chi connectivity index (χ1n) is 6.35. The zero-order valence-electron chi connectivity index (χ0n) is 11.3. The van der Waals surface area contributed by atoms with E-state index in [4.69, 9.17) is 33.0 Å². The maximum Gasteiger partial charge on any atom is 0.216 e. The van der Waals surface area contributed by atoms with Crippen molar-refractivity contribution in [3.63, 3.8) is 0 Å². The fraction of sp³-hybridized carbons (Fsp3) is 0.0714. The minimum absolute atomic E-state index is 0.280. The number of furan rings is 1. The quantitative estimate of drug-likeness (QED) is 0.571. The molecule has 0 radical (unpaired) electrons. The van der Waals surface area contributed by atoms with E-state index in [-0.39, 0.29) is 6.61 Å². The fourth-order valence-electron chi connectivity index (χ4n) is 1.70. The van der Waals surface area contributed by atoms with E-state index in [2.05, 4.69) is 15.3 Å². The molecule has 0 fully saturated rings. The molecule has 112 valence electrons. The van der Waals surface area contributed by atoms with Crippen LogP contribution in [0, 0.1) is 4.77 Å².